The minimum absolute atomic E-state index is 0.282. The first kappa shape index (κ1) is 13.0. The lowest BCUT2D eigenvalue weighted by Gasteiger charge is -2.05. The number of benzene rings is 1. The van der Waals surface area contributed by atoms with E-state index in [0.29, 0.717) is 6.07 Å². The number of rotatable bonds is 3. The molecule has 0 radical (unpaired) electrons. The summed E-state index contributed by atoms with van der Waals surface area (Å²) in [7, 11) is -2.98. The third-order valence-corrected chi connectivity index (χ3v) is 3.74. The molecule has 9 heteroatoms. The van der Waals surface area contributed by atoms with Crippen LogP contribution in [-0.2, 0) is 10.0 Å². The van der Waals surface area contributed by atoms with Crippen molar-refractivity contribution < 1.29 is 17.7 Å². The maximum absolute atomic E-state index is 13.4. The van der Waals surface area contributed by atoms with E-state index in [4.69, 9.17) is 0 Å². The minimum Gasteiger partial charge on any atom is -0.258 e. The molecule has 0 atom stereocenters. The van der Waals surface area contributed by atoms with Crippen molar-refractivity contribution in [2.75, 3.05) is 7.05 Å². The van der Waals surface area contributed by atoms with Crippen LogP contribution in [0.3, 0.4) is 0 Å². The highest BCUT2D eigenvalue weighted by Gasteiger charge is 2.23. The molecule has 6 nitrogen and oxygen atoms in total. The molecule has 1 rings (SSSR count). The summed E-state index contributed by atoms with van der Waals surface area (Å²) < 4.78 is 37.7. The Morgan fingerprint density at radius 2 is 2.06 bits per heavy atom. The number of nitrogens with one attached hydrogen (secondary N) is 1. The summed E-state index contributed by atoms with van der Waals surface area (Å²) in [4.78, 5) is 8.90. The molecule has 0 bridgehead atoms. The van der Waals surface area contributed by atoms with E-state index in [1.54, 1.807) is 0 Å². The van der Waals surface area contributed by atoms with Crippen molar-refractivity contribution in [1.82, 2.24) is 4.72 Å². The minimum atomic E-state index is -4.07. The summed E-state index contributed by atoms with van der Waals surface area (Å²) in [6.07, 6.45) is 0. The monoisotopic (exact) mass is 312 g/mol. The Bertz CT molecular complexity index is 546. The van der Waals surface area contributed by atoms with Gasteiger partial charge in [-0.2, -0.15) is 0 Å². The smallest absolute Gasteiger partial charge is 0.258 e. The Labute approximate surface area is 98.8 Å². The fourth-order valence-electron chi connectivity index (χ4n) is 0.961. The van der Waals surface area contributed by atoms with Gasteiger partial charge in [0.1, 0.15) is 4.90 Å². The van der Waals surface area contributed by atoms with Gasteiger partial charge in [0.2, 0.25) is 10.0 Å². The standard InChI is InChI=1S/C7H6BrFN2O4S/c1-10-16(14,15)6-3-4(11(12)13)2-5(8)7(6)9/h2-3,10H,1H3. The van der Waals surface area contributed by atoms with E-state index in [1.807, 2.05) is 4.72 Å². The van der Waals surface area contributed by atoms with Gasteiger partial charge in [-0.25, -0.2) is 17.5 Å². The summed E-state index contributed by atoms with van der Waals surface area (Å²) in [5.74, 6) is -1.07. The second kappa shape index (κ2) is 4.44. The number of hydrogen-bond donors (Lipinski definition) is 1. The van der Waals surface area contributed by atoms with E-state index in [0.717, 1.165) is 13.1 Å². The van der Waals surface area contributed by atoms with E-state index in [-0.39, 0.29) is 4.47 Å². The number of sulfonamides is 1. The van der Waals surface area contributed by atoms with Gasteiger partial charge in [-0.15, -0.1) is 0 Å². The zero-order valence-electron chi connectivity index (χ0n) is 7.90. The van der Waals surface area contributed by atoms with Crippen LogP contribution in [-0.4, -0.2) is 20.4 Å². The zero-order chi connectivity index (χ0) is 12.5. The molecule has 0 aliphatic rings. The molecule has 0 aliphatic carbocycles. The van der Waals surface area contributed by atoms with Crippen LogP contribution in [0.5, 0.6) is 0 Å². The lowest BCUT2D eigenvalue weighted by molar-refractivity contribution is -0.385. The van der Waals surface area contributed by atoms with E-state index in [9.17, 15) is 22.9 Å². The van der Waals surface area contributed by atoms with Crippen molar-refractivity contribution in [3.8, 4) is 0 Å². The predicted molar refractivity (Wildman–Crippen MR) is 57.0 cm³/mol. The van der Waals surface area contributed by atoms with Crippen LogP contribution in [0.2, 0.25) is 0 Å². The highest BCUT2D eigenvalue weighted by Crippen LogP contribution is 2.28. The Morgan fingerprint density at radius 3 is 2.50 bits per heavy atom. The first-order chi connectivity index (χ1) is 7.29. The summed E-state index contributed by atoms with van der Waals surface area (Å²) in [6, 6.07) is 1.55. The maximum Gasteiger partial charge on any atom is 0.272 e. The van der Waals surface area contributed by atoms with Gasteiger partial charge >= 0.3 is 0 Å². The van der Waals surface area contributed by atoms with Crippen molar-refractivity contribution in [2.24, 2.45) is 0 Å². The molecule has 0 aromatic heterocycles. The number of non-ortho nitro benzene ring substituents is 1. The van der Waals surface area contributed by atoms with E-state index in [1.165, 1.54) is 0 Å². The molecule has 0 unspecified atom stereocenters. The molecule has 0 saturated heterocycles. The normalized spacial score (nSPS) is 11.4. The van der Waals surface area contributed by atoms with Gasteiger partial charge < -0.3 is 0 Å². The molecule has 0 amide bonds. The summed E-state index contributed by atoms with van der Waals surface area (Å²) in [5, 5.41) is 10.5. The molecule has 88 valence electrons. The van der Waals surface area contributed by atoms with Crippen molar-refractivity contribution >= 4 is 31.6 Å². The van der Waals surface area contributed by atoms with Crippen molar-refractivity contribution in [3.63, 3.8) is 0 Å². The number of nitro groups is 1. The molecule has 16 heavy (non-hydrogen) atoms. The van der Waals surface area contributed by atoms with E-state index < -0.39 is 31.3 Å². The van der Waals surface area contributed by atoms with Gasteiger partial charge in [0.15, 0.2) is 5.82 Å². The van der Waals surface area contributed by atoms with Gasteiger partial charge in [-0.3, -0.25) is 10.1 Å². The molecule has 0 saturated carbocycles. The van der Waals surface area contributed by atoms with Gasteiger partial charge in [0.25, 0.3) is 5.69 Å². The Hall–Kier alpha value is -1.06. The summed E-state index contributed by atoms with van der Waals surface area (Å²) >= 11 is 2.72. The quantitative estimate of drug-likeness (QED) is 0.675. The third-order valence-electron chi connectivity index (χ3n) is 1.75. The largest absolute Gasteiger partial charge is 0.272 e. The van der Waals surface area contributed by atoms with Gasteiger partial charge in [0.05, 0.1) is 9.40 Å². The average molecular weight is 313 g/mol. The topological polar surface area (TPSA) is 89.3 Å². The highest BCUT2D eigenvalue weighted by atomic mass is 79.9. The summed E-state index contributed by atoms with van der Waals surface area (Å²) in [5.41, 5.74) is -0.512. The Balaban J connectivity index is 3.57. The average Bonchev–Trinajstić information content (AvgIpc) is 2.21. The fourth-order valence-corrected chi connectivity index (χ4v) is 2.38. The predicted octanol–water partition coefficient (Wildman–Crippen LogP) is 1.40. The molecule has 0 aliphatic heterocycles. The molecule has 0 fully saturated rings. The first-order valence-corrected chi connectivity index (χ1v) is 6.14. The van der Waals surface area contributed by atoms with Crippen LogP contribution in [0.4, 0.5) is 10.1 Å². The second-order valence-corrected chi connectivity index (χ2v) is 5.41. The molecule has 0 heterocycles. The molecule has 1 aromatic rings. The maximum atomic E-state index is 13.4. The van der Waals surface area contributed by atoms with Crippen LogP contribution in [0.15, 0.2) is 21.5 Å². The number of nitrogens with zero attached hydrogens (tertiary/aromatic N) is 1. The Kier molecular flexibility index (Phi) is 3.61. The van der Waals surface area contributed by atoms with Crippen molar-refractivity contribution in [3.05, 3.63) is 32.5 Å². The van der Waals surface area contributed by atoms with Crippen molar-refractivity contribution in [2.45, 2.75) is 4.90 Å². The highest BCUT2D eigenvalue weighted by molar-refractivity contribution is 9.10. The van der Waals surface area contributed by atoms with E-state index >= 15 is 0 Å². The van der Waals surface area contributed by atoms with Crippen LogP contribution in [0.1, 0.15) is 0 Å². The van der Waals surface area contributed by atoms with Gasteiger partial charge in [-0.05, 0) is 23.0 Å². The summed E-state index contributed by atoms with van der Waals surface area (Å²) in [6.45, 7) is 0. The fraction of sp³-hybridized carbons (Fsp3) is 0.143. The molecule has 1 aromatic carbocycles. The molecule has 1 N–H and O–H groups in total. The zero-order valence-corrected chi connectivity index (χ0v) is 10.3. The van der Waals surface area contributed by atoms with Crippen LogP contribution < -0.4 is 4.72 Å². The number of halogens is 2. The van der Waals surface area contributed by atoms with Gasteiger partial charge in [-0.1, -0.05) is 0 Å². The first-order valence-electron chi connectivity index (χ1n) is 3.86. The Morgan fingerprint density at radius 1 is 1.50 bits per heavy atom. The second-order valence-electron chi connectivity index (χ2n) is 2.70. The third kappa shape index (κ3) is 2.36. The van der Waals surface area contributed by atoms with Crippen LogP contribution in [0.25, 0.3) is 0 Å². The van der Waals surface area contributed by atoms with Gasteiger partial charge in [0, 0.05) is 12.1 Å². The molecule has 0 spiro atoms. The SMILES string of the molecule is CNS(=O)(=O)c1cc([N+](=O)[O-])cc(Br)c1F. The van der Waals surface area contributed by atoms with E-state index in [2.05, 4.69) is 15.9 Å². The molecular formula is C7H6BrFN2O4S. The number of hydrogen-bond acceptors (Lipinski definition) is 4. The van der Waals surface area contributed by atoms with Crippen molar-refractivity contribution in [1.29, 1.82) is 0 Å². The van der Waals surface area contributed by atoms with Crippen LogP contribution in [0, 0.1) is 15.9 Å². The lowest BCUT2D eigenvalue weighted by atomic mass is 10.3. The van der Waals surface area contributed by atoms with Crippen LogP contribution >= 0.6 is 15.9 Å². The lowest BCUT2D eigenvalue weighted by Crippen LogP contribution is -2.20. The number of nitro benzene ring substituents is 1. The molecular weight excluding hydrogens is 307 g/mol.